The fraction of sp³-hybridized carbons (Fsp3) is 0.0714. The van der Waals surface area contributed by atoms with Gasteiger partial charge in [0.15, 0.2) is 0 Å². The molecule has 2 aromatic carbocycles. The Morgan fingerprint density at radius 3 is 2.89 bits per heavy atom. The summed E-state index contributed by atoms with van der Waals surface area (Å²) in [6.07, 6.45) is 0. The average Bonchev–Trinajstić information content (AvgIpc) is 2.79. The minimum Gasteiger partial charge on any atom is -0.460 e. The van der Waals surface area contributed by atoms with Gasteiger partial charge in [-0.1, -0.05) is 18.2 Å². The summed E-state index contributed by atoms with van der Waals surface area (Å²) in [6.45, 7) is 0.127. The zero-order valence-electron chi connectivity index (χ0n) is 10.1. The molecule has 0 spiro atoms. The van der Waals surface area contributed by atoms with Crippen LogP contribution in [0.15, 0.2) is 42.5 Å². The van der Waals surface area contributed by atoms with Crippen LogP contribution in [0.25, 0.3) is 11.0 Å². The van der Waals surface area contributed by atoms with Crippen LogP contribution in [0.2, 0.25) is 0 Å². The van der Waals surface area contributed by atoms with Crippen molar-refractivity contribution < 1.29 is 9.13 Å². The number of aromatic nitrogens is 2. The summed E-state index contributed by atoms with van der Waals surface area (Å²) in [5.41, 5.74) is 8.37. The molecule has 4 nitrogen and oxygen atoms in total. The quantitative estimate of drug-likeness (QED) is 0.709. The summed E-state index contributed by atoms with van der Waals surface area (Å²) in [7, 11) is 0. The van der Waals surface area contributed by atoms with Gasteiger partial charge in [0, 0.05) is 11.3 Å². The van der Waals surface area contributed by atoms with Crippen molar-refractivity contribution >= 4 is 16.7 Å². The Morgan fingerprint density at radius 1 is 1.21 bits per heavy atom. The number of halogens is 1. The number of fused-ring (bicyclic) bond motifs is 1. The van der Waals surface area contributed by atoms with Gasteiger partial charge in [0.2, 0.25) is 0 Å². The summed E-state index contributed by atoms with van der Waals surface area (Å²) in [4.78, 5) is 7.23. The van der Waals surface area contributed by atoms with Gasteiger partial charge in [-0.05, 0) is 24.3 Å². The molecule has 5 heteroatoms. The Bertz CT molecular complexity index is 724. The number of anilines is 1. The second-order valence-corrected chi connectivity index (χ2v) is 4.20. The van der Waals surface area contributed by atoms with E-state index >= 15 is 0 Å². The molecule has 0 amide bonds. The van der Waals surface area contributed by atoms with Gasteiger partial charge < -0.3 is 15.5 Å². The maximum Gasteiger partial charge on any atom is 0.294 e. The molecule has 0 atom stereocenters. The molecule has 0 fully saturated rings. The van der Waals surface area contributed by atoms with Gasteiger partial charge in [-0.25, -0.2) is 4.39 Å². The summed E-state index contributed by atoms with van der Waals surface area (Å²) >= 11 is 0. The van der Waals surface area contributed by atoms with Gasteiger partial charge in [0.1, 0.15) is 12.4 Å². The molecule has 0 radical (unpaired) electrons. The lowest BCUT2D eigenvalue weighted by Crippen LogP contribution is -1.99. The molecule has 19 heavy (non-hydrogen) atoms. The molecule has 0 bridgehead atoms. The van der Waals surface area contributed by atoms with E-state index in [-0.39, 0.29) is 12.4 Å². The number of nitrogens with one attached hydrogen (secondary N) is 1. The SMILES string of the molecule is Nc1ccc2nc(OCc3ccccc3F)[nH]c2c1. The standard InChI is InChI=1S/C14H12FN3O/c15-11-4-2-1-3-9(11)8-19-14-17-12-6-5-10(16)7-13(12)18-14/h1-7H,8,16H2,(H,17,18). The van der Waals surface area contributed by atoms with Gasteiger partial charge >= 0.3 is 0 Å². The smallest absolute Gasteiger partial charge is 0.294 e. The number of rotatable bonds is 3. The molecular formula is C14H12FN3O. The number of H-pyrrole nitrogens is 1. The molecule has 0 aliphatic carbocycles. The second kappa shape index (κ2) is 4.61. The van der Waals surface area contributed by atoms with Crippen LogP contribution in [-0.4, -0.2) is 9.97 Å². The van der Waals surface area contributed by atoms with Crippen LogP contribution < -0.4 is 10.5 Å². The van der Waals surface area contributed by atoms with Crippen molar-refractivity contribution in [3.8, 4) is 6.01 Å². The number of hydrogen-bond donors (Lipinski definition) is 2. The predicted octanol–water partition coefficient (Wildman–Crippen LogP) is 2.86. The van der Waals surface area contributed by atoms with Crippen molar-refractivity contribution in [2.45, 2.75) is 6.61 Å². The Balaban J connectivity index is 1.80. The first kappa shape index (κ1) is 11.5. The van der Waals surface area contributed by atoms with E-state index in [2.05, 4.69) is 9.97 Å². The highest BCUT2D eigenvalue weighted by atomic mass is 19.1. The zero-order valence-corrected chi connectivity index (χ0v) is 10.1. The van der Waals surface area contributed by atoms with Gasteiger partial charge in [0.25, 0.3) is 6.01 Å². The third-order valence-corrected chi connectivity index (χ3v) is 2.81. The molecule has 96 valence electrons. The number of nitrogens with zero attached hydrogens (tertiary/aromatic N) is 1. The number of hydrogen-bond acceptors (Lipinski definition) is 3. The number of aromatic amines is 1. The largest absolute Gasteiger partial charge is 0.460 e. The fourth-order valence-electron chi connectivity index (χ4n) is 1.83. The molecule has 0 saturated heterocycles. The normalized spacial score (nSPS) is 10.8. The van der Waals surface area contributed by atoms with E-state index in [9.17, 15) is 4.39 Å². The maximum absolute atomic E-state index is 13.4. The summed E-state index contributed by atoms with van der Waals surface area (Å²) in [6, 6.07) is 12.2. The van der Waals surface area contributed by atoms with Crippen molar-refractivity contribution in [2.24, 2.45) is 0 Å². The highest BCUT2D eigenvalue weighted by Crippen LogP contribution is 2.19. The summed E-state index contributed by atoms with van der Waals surface area (Å²) in [5, 5.41) is 0. The van der Waals surface area contributed by atoms with Crippen molar-refractivity contribution in [3.05, 3.63) is 53.8 Å². The number of benzene rings is 2. The lowest BCUT2D eigenvalue weighted by molar-refractivity contribution is 0.279. The minimum absolute atomic E-state index is 0.127. The molecular weight excluding hydrogens is 245 g/mol. The van der Waals surface area contributed by atoms with E-state index < -0.39 is 0 Å². The van der Waals surface area contributed by atoms with Gasteiger partial charge in [-0.3, -0.25) is 0 Å². The van der Waals surface area contributed by atoms with Crippen LogP contribution >= 0.6 is 0 Å². The van der Waals surface area contributed by atoms with E-state index in [0.717, 1.165) is 11.0 Å². The van der Waals surface area contributed by atoms with Crippen LogP contribution in [-0.2, 0) is 6.61 Å². The van der Waals surface area contributed by atoms with Crippen LogP contribution in [0.4, 0.5) is 10.1 Å². The van der Waals surface area contributed by atoms with Crippen molar-refractivity contribution in [3.63, 3.8) is 0 Å². The molecule has 3 aromatic rings. The third-order valence-electron chi connectivity index (χ3n) is 2.81. The van der Waals surface area contributed by atoms with E-state index in [1.165, 1.54) is 6.07 Å². The van der Waals surface area contributed by atoms with Crippen LogP contribution in [0.5, 0.6) is 6.01 Å². The van der Waals surface area contributed by atoms with E-state index in [4.69, 9.17) is 10.5 Å². The topological polar surface area (TPSA) is 63.9 Å². The van der Waals surface area contributed by atoms with Crippen molar-refractivity contribution in [2.75, 3.05) is 5.73 Å². The number of nitrogens with two attached hydrogens (primary N) is 1. The average molecular weight is 257 g/mol. The maximum atomic E-state index is 13.4. The van der Waals surface area contributed by atoms with Crippen LogP contribution in [0, 0.1) is 5.82 Å². The second-order valence-electron chi connectivity index (χ2n) is 4.20. The van der Waals surface area contributed by atoms with Crippen molar-refractivity contribution in [1.29, 1.82) is 0 Å². The first-order valence-corrected chi connectivity index (χ1v) is 5.84. The lowest BCUT2D eigenvalue weighted by atomic mass is 10.2. The molecule has 1 heterocycles. The fourth-order valence-corrected chi connectivity index (χ4v) is 1.83. The van der Waals surface area contributed by atoms with Gasteiger partial charge in [-0.15, -0.1) is 0 Å². The molecule has 1 aromatic heterocycles. The molecule has 0 unspecified atom stereocenters. The highest BCUT2D eigenvalue weighted by Gasteiger charge is 2.06. The highest BCUT2D eigenvalue weighted by molar-refractivity contribution is 5.79. The van der Waals surface area contributed by atoms with Crippen LogP contribution in [0.3, 0.4) is 0 Å². The van der Waals surface area contributed by atoms with Crippen molar-refractivity contribution in [1.82, 2.24) is 9.97 Å². The summed E-state index contributed by atoms with van der Waals surface area (Å²) in [5.74, 6) is -0.289. The molecule has 0 aliphatic rings. The lowest BCUT2D eigenvalue weighted by Gasteiger charge is -2.03. The Kier molecular flexibility index (Phi) is 2.79. The molecule has 0 saturated carbocycles. The number of ether oxygens (including phenoxy) is 1. The van der Waals surface area contributed by atoms with E-state index in [1.54, 1.807) is 36.4 Å². The Hall–Kier alpha value is -2.56. The van der Waals surface area contributed by atoms with E-state index in [1.807, 2.05) is 0 Å². The first-order valence-electron chi connectivity index (χ1n) is 5.84. The van der Waals surface area contributed by atoms with E-state index in [0.29, 0.717) is 17.3 Å². The molecule has 0 aliphatic heterocycles. The molecule has 3 rings (SSSR count). The van der Waals surface area contributed by atoms with Gasteiger partial charge in [0.05, 0.1) is 11.0 Å². The summed E-state index contributed by atoms with van der Waals surface area (Å²) < 4.78 is 18.9. The monoisotopic (exact) mass is 257 g/mol. The Labute approximate surface area is 109 Å². The predicted molar refractivity (Wildman–Crippen MR) is 71.2 cm³/mol. The van der Waals surface area contributed by atoms with Gasteiger partial charge in [-0.2, -0.15) is 4.98 Å². The first-order chi connectivity index (χ1) is 9.22. The number of imidazole rings is 1. The number of nitrogen functional groups attached to an aromatic ring is 1. The minimum atomic E-state index is -0.289. The molecule has 3 N–H and O–H groups in total. The third kappa shape index (κ3) is 2.35. The Morgan fingerprint density at radius 2 is 2.05 bits per heavy atom. The zero-order chi connectivity index (χ0) is 13.2. The van der Waals surface area contributed by atoms with Crippen LogP contribution in [0.1, 0.15) is 5.56 Å².